The molecule has 0 aliphatic rings. The van der Waals surface area contributed by atoms with Gasteiger partial charge in [0.25, 0.3) is 0 Å². The van der Waals surface area contributed by atoms with Crippen molar-refractivity contribution in [3.63, 3.8) is 0 Å². The highest BCUT2D eigenvalue weighted by atomic mass is 127. The van der Waals surface area contributed by atoms with E-state index in [0.29, 0.717) is 5.15 Å². The smallest absolute Gasteiger partial charge is 0.163 e. The topological polar surface area (TPSA) is 30.2 Å². The fourth-order valence-corrected chi connectivity index (χ4v) is 1.63. The predicted molar refractivity (Wildman–Crippen MR) is 55.5 cm³/mol. The maximum atomic E-state index is 5.82. The van der Waals surface area contributed by atoms with Crippen LogP contribution in [-0.2, 0) is 0 Å². The normalized spacial score (nSPS) is 10.9. The summed E-state index contributed by atoms with van der Waals surface area (Å²) in [5, 5.41) is 4.67. The third-order valence-corrected chi connectivity index (χ3v) is 3.07. The van der Waals surface area contributed by atoms with Gasteiger partial charge in [-0.15, -0.1) is 0 Å². The Labute approximate surface area is 87.9 Å². The van der Waals surface area contributed by atoms with Crippen molar-refractivity contribution in [2.75, 3.05) is 0 Å². The van der Waals surface area contributed by atoms with Crippen molar-refractivity contribution in [2.45, 2.75) is 6.92 Å². The molecule has 0 aliphatic carbocycles. The van der Waals surface area contributed by atoms with Gasteiger partial charge < -0.3 is 0 Å². The molecule has 0 aromatic carbocycles. The summed E-state index contributed by atoms with van der Waals surface area (Å²) in [6.07, 6.45) is 1.78. The molecule has 0 saturated carbocycles. The quantitative estimate of drug-likeness (QED) is 0.698. The first-order chi connectivity index (χ1) is 5.68. The summed E-state index contributed by atoms with van der Waals surface area (Å²) in [5.74, 6) is 0. The Morgan fingerprint density at radius 2 is 2.33 bits per heavy atom. The zero-order chi connectivity index (χ0) is 8.72. The number of aryl methyl sites for hydroxylation is 1. The van der Waals surface area contributed by atoms with E-state index in [2.05, 4.69) is 32.7 Å². The van der Waals surface area contributed by atoms with E-state index < -0.39 is 0 Å². The van der Waals surface area contributed by atoms with E-state index >= 15 is 0 Å². The molecule has 62 valence electrons. The number of imidazole rings is 1. The van der Waals surface area contributed by atoms with Crippen LogP contribution in [0, 0.1) is 10.6 Å². The van der Waals surface area contributed by atoms with Crippen LogP contribution in [0.2, 0.25) is 5.15 Å². The van der Waals surface area contributed by atoms with Gasteiger partial charge in [0.15, 0.2) is 10.8 Å². The Hall–Kier alpha value is -0.360. The summed E-state index contributed by atoms with van der Waals surface area (Å²) in [4.78, 5) is 4.13. The lowest BCUT2D eigenvalue weighted by Gasteiger charge is -1.93. The second-order valence-electron chi connectivity index (χ2n) is 2.50. The first kappa shape index (κ1) is 8.25. The molecule has 2 heterocycles. The Kier molecular flexibility index (Phi) is 1.96. The number of hydrogen-bond acceptors (Lipinski definition) is 2. The van der Waals surface area contributed by atoms with Gasteiger partial charge in [-0.2, -0.15) is 5.10 Å². The average molecular weight is 293 g/mol. The first-order valence-corrected chi connectivity index (χ1v) is 4.80. The highest BCUT2D eigenvalue weighted by Crippen LogP contribution is 2.18. The molecule has 0 saturated heterocycles. The van der Waals surface area contributed by atoms with E-state index in [9.17, 15) is 0 Å². The van der Waals surface area contributed by atoms with Crippen molar-refractivity contribution in [1.82, 2.24) is 14.6 Å². The lowest BCUT2D eigenvalue weighted by molar-refractivity contribution is 0.905. The maximum absolute atomic E-state index is 5.82. The highest BCUT2D eigenvalue weighted by Gasteiger charge is 2.07. The molecule has 0 radical (unpaired) electrons. The van der Waals surface area contributed by atoms with E-state index in [0.717, 1.165) is 14.9 Å². The Morgan fingerprint density at radius 3 is 3.08 bits per heavy atom. The largest absolute Gasteiger partial charge is 0.214 e. The van der Waals surface area contributed by atoms with E-state index in [1.807, 2.05) is 13.0 Å². The van der Waals surface area contributed by atoms with Crippen molar-refractivity contribution >= 4 is 39.8 Å². The molecule has 0 spiro atoms. The lowest BCUT2D eigenvalue weighted by Crippen LogP contribution is -1.93. The van der Waals surface area contributed by atoms with Gasteiger partial charge in [0.2, 0.25) is 0 Å². The summed E-state index contributed by atoms with van der Waals surface area (Å²) in [5.41, 5.74) is 1.88. The molecule has 2 aromatic heterocycles. The van der Waals surface area contributed by atoms with Crippen LogP contribution in [0.15, 0.2) is 12.3 Å². The van der Waals surface area contributed by atoms with Gasteiger partial charge in [-0.05, 0) is 41.1 Å². The van der Waals surface area contributed by atoms with Crippen molar-refractivity contribution in [3.05, 3.63) is 26.7 Å². The second kappa shape index (κ2) is 2.85. The summed E-state index contributed by atoms with van der Waals surface area (Å²) < 4.78 is 2.57. The summed E-state index contributed by atoms with van der Waals surface area (Å²) in [6, 6.07) is 1.95. The van der Waals surface area contributed by atoms with E-state index in [4.69, 9.17) is 11.6 Å². The standard InChI is InChI=1S/C7H5ClIN3/c1-4-2-5-11-6(8)7(9)12(5)10-3-4/h2-3H,1H3. The molecule has 0 N–H and O–H groups in total. The maximum Gasteiger partial charge on any atom is 0.163 e. The Balaban J connectivity index is 2.87. The minimum Gasteiger partial charge on any atom is -0.214 e. The fraction of sp³-hybridized carbons (Fsp3) is 0.143. The molecular formula is C7H5ClIN3. The predicted octanol–water partition coefficient (Wildman–Crippen LogP) is 2.30. The molecule has 0 bridgehead atoms. The van der Waals surface area contributed by atoms with Gasteiger partial charge in [0, 0.05) is 0 Å². The van der Waals surface area contributed by atoms with Crippen molar-refractivity contribution in [1.29, 1.82) is 0 Å². The number of hydrogen-bond donors (Lipinski definition) is 0. The average Bonchev–Trinajstić information content (AvgIpc) is 2.28. The molecule has 0 aliphatic heterocycles. The van der Waals surface area contributed by atoms with Gasteiger partial charge in [0.05, 0.1) is 6.20 Å². The third kappa shape index (κ3) is 1.19. The van der Waals surface area contributed by atoms with Crippen molar-refractivity contribution in [2.24, 2.45) is 0 Å². The summed E-state index contributed by atoms with van der Waals surface area (Å²) >= 11 is 7.94. The highest BCUT2D eigenvalue weighted by molar-refractivity contribution is 14.1. The number of aromatic nitrogens is 3. The molecule has 0 amide bonds. The molecule has 12 heavy (non-hydrogen) atoms. The van der Waals surface area contributed by atoms with Gasteiger partial charge in [0.1, 0.15) is 3.70 Å². The van der Waals surface area contributed by atoms with Gasteiger partial charge in [-0.3, -0.25) is 0 Å². The molecule has 0 unspecified atom stereocenters. The minimum absolute atomic E-state index is 0.508. The van der Waals surface area contributed by atoms with E-state index in [-0.39, 0.29) is 0 Å². The third-order valence-electron chi connectivity index (χ3n) is 1.52. The van der Waals surface area contributed by atoms with Crippen LogP contribution in [-0.4, -0.2) is 14.6 Å². The monoisotopic (exact) mass is 293 g/mol. The Bertz CT molecular complexity index is 437. The number of nitrogens with zero attached hydrogens (tertiary/aromatic N) is 3. The van der Waals surface area contributed by atoms with Crippen molar-refractivity contribution in [3.8, 4) is 0 Å². The first-order valence-electron chi connectivity index (χ1n) is 3.35. The van der Waals surface area contributed by atoms with Crippen LogP contribution < -0.4 is 0 Å². The van der Waals surface area contributed by atoms with E-state index in [1.54, 1.807) is 10.7 Å². The molecule has 2 rings (SSSR count). The Morgan fingerprint density at radius 1 is 1.58 bits per heavy atom. The van der Waals surface area contributed by atoms with Crippen LogP contribution in [0.1, 0.15) is 5.56 Å². The molecule has 3 nitrogen and oxygen atoms in total. The number of rotatable bonds is 0. The van der Waals surface area contributed by atoms with Crippen molar-refractivity contribution < 1.29 is 0 Å². The second-order valence-corrected chi connectivity index (χ2v) is 3.88. The van der Waals surface area contributed by atoms with Crippen LogP contribution in [0.3, 0.4) is 0 Å². The number of halogens is 2. The minimum atomic E-state index is 0.508. The zero-order valence-corrected chi connectivity index (χ0v) is 9.17. The van der Waals surface area contributed by atoms with Crippen LogP contribution >= 0.6 is 34.2 Å². The van der Waals surface area contributed by atoms with Gasteiger partial charge in [-0.25, -0.2) is 9.50 Å². The summed E-state index contributed by atoms with van der Waals surface area (Å²) in [6.45, 7) is 1.97. The SMILES string of the molecule is Cc1cnn2c(I)c(Cl)nc2c1. The van der Waals surface area contributed by atoms with Crippen LogP contribution in [0.4, 0.5) is 0 Å². The molecule has 5 heteroatoms. The summed E-state index contributed by atoms with van der Waals surface area (Å²) in [7, 11) is 0. The molecule has 0 fully saturated rings. The van der Waals surface area contributed by atoms with Crippen LogP contribution in [0.25, 0.3) is 5.65 Å². The van der Waals surface area contributed by atoms with Gasteiger partial charge >= 0.3 is 0 Å². The zero-order valence-electron chi connectivity index (χ0n) is 6.25. The fourth-order valence-electron chi connectivity index (χ4n) is 0.975. The lowest BCUT2D eigenvalue weighted by atomic mass is 10.3. The van der Waals surface area contributed by atoms with Gasteiger partial charge in [-0.1, -0.05) is 11.6 Å². The molecular weight excluding hydrogens is 288 g/mol. The van der Waals surface area contributed by atoms with Crippen LogP contribution in [0.5, 0.6) is 0 Å². The molecule has 2 aromatic rings. The molecule has 0 atom stereocenters. The van der Waals surface area contributed by atoms with E-state index in [1.165, 1.54) is 0 Å². The number of fused-ring (bicyclic) bond motifs is 1.